The third-order valence-electron chi connectivity index (χ3n) is 3.46. The number of benzene rings is 1. The summed E-state index contributed by atoms with van der Waals surface area (Å²) in [6, 6.07) is 9.06. The first-order valence-corrected chi connectivity index (χ1v) is 6.31. The number of rotatable bonds is 3. The highest BCUT2D eigenvalue weighted by Gasteiger charge is 2.39. The predicted octanol–water partition coefficient (Wildman–Crippen LogP) is 3.25. The van der Waals surface area contributed by atoms with Crippen molar-refractivity contribution >= 4 is 0 Å². The van der Waals surface area contributed by atoms with E-state index in [4.69, 9.17) is 0 Å². The fourth-order valence-electron chi connectivity index (χ4n) is 2.45. The average Bonchev–Trinajstić information content (AvgIpc) is 2.58. The highest BCUT2D eigenvalue weighted by atomic mass is 19.3. The molecule has 1 heterocycles. The van der Waals surface area contributed by atoms with Gasteiger partial charge in [0, 0.05) is 12.3 Å². The molecule has 1 aromatic carbocycles. The topological polar surface area (TPSA) is 12.0 Å². The van der Waals surface area contributed by atoms with Crippen LogP contribution >= 0.6 is 0 Å². The minimum atomic E-state index is -2.58. The Morgan fingerprint density at radius 1 is 1.12 bits per heavy atom. The van der Waals surface area contributed by atoms with E-state index in [-0.39, 0.29) is 6.42 Å². The number of hydrogen-bond donors (Lipinski definition) is 1. The summed E-state index contributed by atoms with van der Waals surface area (Å²) in [4.78, 5) is 0. The molecule has 0 bridgehead atoms. The van der Waals surface area contributed by atoms with Crippen LogP contribution < -0.4 is 5.32 Å². The fraction of sp³-hybridized carbons (Fsp3) is 0.571. The van der Waals surface area contributed by atoms with Gasteiger partial charge in [-0.15, -0.1) is 0 Å². The quantitative estimate of drug-likeness (QED) is 0.853. The Morgan fingerprint density at radius 2 is 1.88 bits per heavy atom. The molecule has 1 aromatic rings. The van der Waals surface area contributed by atoms with Gasteiger partial charge in [0.2, 0.25) is 0 Å². The van der Waals surface area contributed by atoms with E-state index >= 15 is 0 Å². The highest BCUT2D eigenvalue weighted by molar-refractivity contribution is 5.16. The van der Waals surface area contributed by atoms with Crippen molar-refractivity contribution in [3.05, 3.63) is 35.9 Å². The van der Waals surface area contributed by atoms with Crippen LogP contribution in [0.25, 0.3) is 0 Å². The normalized spacial score (nSPS) is 22.1. The molecule has 0 aliphatic carbocycles. The molecule has 0 aromatic heterocycles. The summed E-state index contributed by atoms with van der Waals surface area (Å²) < 4.78 is 28.3. The van der Waals surface area contributed by atoms with E-state index < -0.39 is 11.8 Å². The first kappa shape index (κ1) is 12.5. The van der Waals surface area contributed by atoms with Gasteiger partial charge in [-0.2, -0.15) is 0 Å². The van der Waals surface area contributed by atoms with Crippen LogP contribution in [0.4, 0.5) is 8.78 Å². The second-order valence-electron chi connectivity index (χ2n) is 4.80. The van der Waals surface area contributed by atoms with E-state index in [9.17, 15) is 8.78 Å². The molecule has 2 rings (SSSR count). The van der Waals surface area contributed by atoms with E-state index in [0.717, 1.165) is 25.1 Å². The van der Waals surface area contributed by atoms with Crippen LogP contribution in [-0.4, -0.2) is 19.0 Å². The number of alkyl halides is 2. The van der Waals surface area contributed by atoms with Gasteiger partial charge in [-0.1, -0.05) is 30.3 Å². The zero-order valence-corrected chi connectivity index (χ0v) is 9.96. The molecule has 3 heteroatoms. The minimum Gasteiger partial charge on any atom is -0.317 e. The average molecular weight is 239 g/mol. The van der Waals surface area contributed by atoms with E-state index in [1.54, 1.807) is 12.1 Å². The maximum Gasteiger partial charge on any atom is 0.254 e. The van der Waals surface area contributed by atoms with Gasteiger partial charge in [-0.25, -0.2) is 8.78 Å². The Labute approximate surface area is 101 Å². The van der Waals surface area contributed by atoms with Gasteiger partial charge in [-0.3, -0.25) is 0 Å². The summed E-state index contributed by atoms with van der Waals surface area (Å²) >= 11 is 0. The van der Waals surface area contributed by atoms with Gasteiger partial charge >= 0.3 is 0 Å². The first-order valence-electron chi connectivity index (χ1n) is 6.31. The Hall–Kier alpha value is -0.960. The van der Waals surface area contributed by atoms with Crippen LogP contribution in [0.2, 0.25) is 0 Å². The predicted molar refractivity (Wildman–Crippen MR) is 65.3 cm³/mol. The third-order valence-corrected chi connectivity index (χ3v) is 3.46. The van der Waals surface area contributed by atoms with Crippen molar-refractivity contribution in [1.29, 1.82) is 0 Å². The molecule has 0 spiro atoms. The van der Waals surface area contributed by atoms with E-state index in [0.29, 0.717) is 12.8 Å². The molecule has 17 heavy (non-hydrogen) atoms. The number of nitrogens with one attached hydrogen (secondary N) is 1. The second-order valence-corrected chi connectivity index (χ2v) is 4.80. The van der Waals surface area contributed by atoms with Crippen LogP contribution in [-0.2, 0) is 6.42 Å². The lowest BCUT2D eigenvalue weighted by Crippen LogP contribution is -2.31. The lowest BCUT2D eigenvalue weighted by Gasteiger charge is -2.25. The van der Waals surface area contributed by atoms with E-state index in [1.807, 2.05) is 18.2 Å². The van der Waals surface area contributed by atoms with Crippen molar-refractivity contribution < 1.29 is 8.78 Å². The molecule has 0 saturated carbocycles. The smallest absolute Gasteiger partial charge is 0.254 e. The molecular formula is C14H19F2N. The van der Waals surface area contributed by atoms with Crippen molar-refractivity contribution in [3.8, 4) is 0 Å². The fourth-order valence-corrected chi connectivity index (χ4v) is 2.45. The maximum absolute atomic E-state index is 14.1. The molecule has 1 N–H and O–H groups in total. The van der Waals surface area contributed by atoms with Crippen molar-refractivity contribution in [2.45, 2.75) is 31.6 Å². The highest BCUT2D eigenvalue weighted by Crippen LogP contribution is 2.34. The van der Waals surface area contributed by atoms with Gasteiger partial charge in [0.05, 0.1) is 0 Å². The van der Waals surface area contributed by atoms with Gasteiger partial charge < -0.3 is 5.32 Å². The summed E-state index contributed by atoms with van der Waals surface area (Å²) in [7, 11) is 0. The number of hydrogen-bond acceptors (Lipinski definition) is 1. The Balaban J connectivity index is 2.01. The van der Waals surface area contributed by atoms with Gasteiger partial charge in [0.15, 0.2) is 0 Å². The molecule has 1 nitrogen and oxygen atoms in total. The lowest BCUT2D eigenvalue weighted by atomic mass is 9.89. The Kier molecular flexibility index (Phi) is 4.11. The molecule has 0 amide bonds. The number of halogens is 2. The molecule has 1 unspecified atom stereocenters. The van der Waals surface area contributed by atoms with Crippen LogP contribution in [0.5, 0.6) is 0 Å². The minimum absolute atomic E-state index is 0.126. The summed E-state index contributed by atoms with van der Waals surface area (Å²) in [5, 5.41) is 3.18. The van der Waals surface area contributed by atoms with Gasteiger partial charge in [0.25, 0.3) is 5.92 Å². The van der Waals surface area contributed by atoms with Crippen molar-refractivity contribution in [1.82, 2.24) is 5.32 Å². The SMILES string of the molecule is FC(F)(Cc1ccccc1)C1CCCNCC1. The maximum atomic E-state index is 14.1. The first-order chi connectivity index (χ1) is 8.18. The monoisotopic (exact) mass is 239 g/mol. The Bertz CT molecular complexity index is 329. The zero-order valence-electron chi connectivity index (χ0n) is 9.96. The summed E-state index contributed by atoms with van der Waals surface area (Å²) in [6.45, 7) is 1.59. The van der Waals surface area contributed by atoms with Crippen LogP contribution in [0.1, 0.15) is 24.8 Å². The largest absolute Gasteiger partial charge is 0.317 e. The van der Waals surface area contributed by atoms with Gasteiger partial charge in [0.1, 0.15) is 0 Å². The third kappa shape index (κ3) is 3.50. The molecule has 1 saturated heterocycles. The van der Waals surface area contributed by atoms with Crippen molar-refractivity contribution in [3.63, 3.8) is 0 Å². The van der Waals surface area contributed by atoms with E-state index in [1.165, 1.54) is 0 Å². The molecule has 1 atom stereocenters. The van der Waals surface area contributed by atoms with Gasteiger partial charge in [-0.05, 0) is 37.9 Å². The van der Waals surface area contributed by atoms with E-state index in [2.05, 4.69) is 5.32 Å². The molecule has 1 aliphatic heterocycles. The second kappa shape index (κ2) is 5.58. The molecule has 0 radical (unpaired) electrons. The van der Waals surface area contributed by atoms with Crippen LogP contribution in [0.3, 0.4) is 0 Å². The zero-order chi connectivity index (χ0) is 12.1. The lowest BCUT2D eigenvalue weighted by molar-refractivity contribution is -0.0616. The summed E-state index contributed by atoms with van der Waals surface area (Å²) in [6.07, 6.45) is 1.94. The van der Waals surface area contributed by atoms with Crippen molar-refractivity contribution in [2.75, 3.05) is 13.1 Å². The molecule has 1 fully saturated rings. The summed E-state index contributed by atoms with van der Waals surface area (Å²) in [5.74, 6) is -3.05. The van der Waals surface area contributed by atoms with Crippen molar-refractivity contribution in [2.24, 2.45) is 5.92 Å². The molecule has 94 valence electrons. The summed E-state index contributed by atoms with van der Waals surface area (Å²) in [5.41, 5.74) is 0.731. The van der Waals surface area contributed by atoms with Crippen LogP contribution in [0, 0.1) is 5.92 Å². The standard InChI is InChI=1S/C14H19F2N/c15-14(16,11-12-5-2-1-3-6-12)13-7-4-9-17-10-8-13/h1-3,5-6,13,17H,4,7-11H2. The molecular weight excluding hydrogens is 220 g/mol. The Morgan fingerprint density at radius 3 is 2.65 bits per heavy atom. The molecule has 1 aliphatic rings. The van der Waals surface area contributed by atoms with Crippen LogP contribution in [0.15, 0.2) is 30.3 Å².